The van der Waals surface area contributed by atoms with E-state index in [-0.39, 0.29) is 0 Å². The Morgan fingerprint density at radius 2 is 1.28 bits per heavy atom. The molecule has 1 aromatic heterocycles. The van der Waals surface area contributed by atoms with Gasteiger partial charge in [0.05, 0.1) is 11.2 Å². The summed E-state index contributed by atoms with van der Waals surface area (Å²) in [6.45, 7) is 0. The summed E-state index contributed by atoms with van der Waals surface area (Å²) in [5, 5.41) is 8.76. The first kappa shape index (κ1) is 19.0. The summed E-state index contributed by atoms with van der Waals surface area (Å²) >= 11 is 3.58. The molecule has 152 valence electrons. The maximum atomic E-state index is 5.19. The van der Waals surface area contributed by atoms with E-state index in [9.17, 15) is 0 Å². The largest absolute Gasteiger partial charge is 0.232 e. The van der Waals surface area contributed by atoms with Gasteiger partial charge in [0.2, 0.25) is 0 Å². The first-order valence-electron chi connectivity index (χ1n) is 10.6. The molecule has 0 unspecified atom stereocenters. The summed E-state index contributed by atoms with van der Waals surface area (Å²) in [7, 11) is 0. The SMILES string of the molecule is Brc1ccc(-c2cc3ccccc3c3c2c(-c2ccccc2)nn3-c2ccccc2)cc1. The van der Waals surface area contributed by atoms with Gasteiger partial charge in [0.1, 0.15) is 5.69 Å². The molecule has 0 spiro atoms. The van der Waals surface area contributed by atoms with E-state index in [2.05, 4.69) is 124 Å². The Kier molecular flexibility index (Phi) is 4.62. The van der Waals surface area contributed by atoms with Gasteiger partial charge in [-0.25, -0.2) is 4.68 Å². The van der Waals surface area contributed by atoms with E-state index < -0.39 is 0 Å². The summed E-state index contributed by atoms with van der Waals surface area (Å²) in [5.74, 6) is 0. The number of nitrogens with zero attached hydrogens (tertiary/aromatic N) is 2. The van der Waals surface area contributed by atoms with E-state index in [0.29, 0.717) is 0 Å². The van der Waals surface area contributed by atoms with Crippen LogP contribution in [0.2, 0.25) is 0 Å². The molecule has 32 heavy (non-hydrogen) atoms. The molecule has 5 aromatic carbocycles. The molecule has 3 heteroatoms. The molecule has 0 saturated heterocycles. The molecule has 0 fully saturated rings. The van der Waals surface area contributed by atoms with Gasteiger partial charge in [0.15, 0.2) is 0 Å². The molecule has 0 atom stereocenters. The summed E-state index contributed by atoms with van der Waals surface area (Å²) < 4.78 is 3.17. The quantitative estimate of drug-likeness (QED) is 0.252. The van der Waals surface area contributed by atoms with Crippen molar-refractivity contribution in [2.75, 3.05) is 0 Å². The smallest absolute Gasteiger partial charge is 0.101 e. The van der Waals surface area contributed by atoms with Gasteiger partial charge in [-0.1, -0.05) is 101 Å². The molecule has 2 nitrogen and oxygen atoms in total. The predicted molar refractivity (Wildman–Crippen MR) is 137 cm³/mol. The van der Waals surface area contributed by atoms with Crippen LogP contribution in [-0.2, 0) is 0 Å². The van der Waals surface area contributed by atoms with Crippen LogP contribution in [0.5, 0.6) is 0 Å². The minimum Gasteiger partial charge on any atom is -0.232 e. The van der Waals surface area contributed by atoms with Crippen LogP contribution in [0.1, 0.15) is 0 Å². The summed E-state index contributed by atoms with van der Waals surface area (Å²) in [4.78, 5) is 0. The van der Waals surface area contributed by atoms with Crippen LogP contribution >= 0.6 is 15.9 Å². The second kappa shape index (κ2) is 7.77. The highest BCUT2D eigenvalue weighted by Gasteiger charge is 2.20. The van der Waals surface area contributed by atoms with Crippen molar-refractivity contribution in [2.24, 2.45) is 0 Å². The van der Waals surface area contributed by atoms with E-state index in [1.54, 1.807) is 0 Å². The predicted octanol–water partition coefficient (Wildman–Crippen LogP) is 8.28. The minimum absolute atomic E-state index is 0.994. The van der Waals surface area contributed by atoms with Gasteiger partial charge in [-0.3, -0.25) is 0 Å². The number of halogens is 1. The van der Waals surface area contributed by atoms with Crippen molar-refractivity contribution in [3.8, 4) is 28.1 Å². The summed E-state index contributed by atoms with van der Waals surface area (Å²) in [6.07, 6.45) is 0. The van der Waals surface area contributed by atoms with Gasteiger partial charge in [-0.15, -0.1) is 0 Å². The van der Waals surface area contributed by atoms with Gasteiger partial charge >= 0.3 is 0 Å². The number of hydrogen-bond donors (Lipinski definition) is 0. The highest BCUT2D eigenvalue weighted by atomic mass is 79.9. The van der Waals surface area contributed by atoms with Crippen molar-refractivity contribution in [1.82, 2.24) is 9.78 Å². The average Bonchev–Trinajstić information content (AvgIpc) is 3.26. The van der Waals surface area contributed by atoms with E-state index in [1.807, 2.05) is 12.1 Å². The lowest BCUT2D eigenvalue weighted by atomic mass is 9.94. The third-order valence-corrected chi connectivity index (χ3v) is 6.40. The number of benzene rings is 5. The monoisotopic (exact) mass is 474 g/mol. The van der Waals surface area contributed by atoms with Gasteiger partial charge in [-0.2, -0.15) is 5.10 Å². The van der Waals surface area contributed by atoms with Crippen LogP contribution < -0.4 is 0 Å². The Bertz CT molecular complexity index is 1550. The van der Waals surface area contributed by atoms with Crippen molar-refractivity contribution < 1.29 is 0 Å². The molecule has 6 rings (SSSR count). The van der Waals surface area contributed by atoms with Crippen LogP contribution in [0.25, 0.3) is 49.7 Å². The number of para-hydroxylation sites is 1. The van der Waals surface area contributed by atoms with Crippen LogP contribution in [-0.4, -0.2) is 9.78 Å². The van der Waals surface area contributed by atoms with E-state index in [1.165, 1.54) is 27.3 Å². The van der Waals surface area contributed by atoms with Crippen LogP contribution in [0.3, 0.4) is 0 Å². The fourth-order valence-electron chi connectivity index (χ4n) is 4.40. The van der Waals surface area contributed by atoms with Crippen LogP contribution in [0, 0.1) is 0 Å². The third-order valence-electron chi connectivity index (χ3n) is 5.87. The fourth-order valence-corrected chi connectivity index (χ4v) is 4.66. The van der Waals surface area contributed by atoms with Crippen molar-refractivity contribution in [1.29, 1.82) is 0 Å². The normalized spacial score (nSPS) is 11.3. The van der Waals surface area contributed by atoms with Gasteiger partial charge in [-0.05, 0) is 46.8 Å². The van der Waals surface area contributed by atoms with Gasteiger partial charge < -0.3 is 0 Å². The summed E-state index contributed by atoms with van der Waals surface area (Å²) in [6, 6.07) is 40.3. The Morgan fingerprint density at radius 3 is 2.03 bits per heavy atom. The van der Waals surface area contributed by atoms with E-state index in [4.69, 9.17) is 5.10 Å². The Morgan fingerprint density at radius 1 is 0.625 bits per heavy atom. The molecule has 1 heterocycles. The lowest BCUT2D eigenvalue weighted by Crippen LogP contribution is -1.96. The molecule has 0 aliphatic rings. The number of hydrogen-bond acceptors (Lipinski definition) is 1. The second-order valence-electron chi connectivity index (χ2n) is 7.84. The third kappa shape index (κ3) is 3.14. The first-order valence-corrected chi connectivity index (χ1v) is 11.4. The first-order chi connectivity index (χ1) is 15.8. The van der Waals surface area contributed by atoms with Gasteiger partial charge in [0.25, 0.3) is 0 Å². The number of aromatic nitrogens is 2. The molecule has 0 amide bonds. The molecular formula is C29H19BrN2. The highest BCUT2D eigenvalue weighted by Crippen LogP contribution is 2.41. The van der Waals surface area contributed by atoms with Crippen molar-refractivity contribution in [2.45, 2.75) is 0 Å². The zero-order chi connectivity index (χ0) is 21.5. The molecule has 0 aliphatic carbocycles. The number of rotatable bonds is 3. The zero-order valence-corrected chi connectivity index (χ0v) is 18.8. The molecule has 6 aromatic rings. The fraction of sp³-hybridized carbons (Fsp3) is 0. The highest BCUT2D eigenvalue weighted by molar-refractivity contribution is 9.10. The molecule has 0 bridgehead atoms. The second-order valence-corrected chi connectivity index (χ2v) is 8.75. The van der Waals surface area contributed by atoms with Crippen molar-refractivity contribution in [3.63, 3.8) is 0 Å². The van der Waals surface area contributed by atoms with Crippen LogP contribution in [0.15, 0.2) is 120 Å². The van der Waals surface area contributed by atoms with E-state index >= 15 is 0 Å². The Balaban J connectivity index is 1.82. The summed E-state index contributed by atoms with van der Waals surface area (Å²) in [5.41, 5.74) is 6.65. The topological polar surface area (TPSA) is 17.8 Å². The van der Waals surface area contributed by atoms with Crippen LogP contribution in [0.4, 0.5) is 0 Å². The van der Waals surface area contributed by atoms with E-state index in [0.717, 1.165) is 26.9 Å². The lowest BCUT2D eigenvalue weighted by Gasteiger charge is -2.11. The molecule has 0 aliphatic heterocycles. The average molecular weight is 475 g/mol. The molecule has 0 radical (unpaired) electrons. The zero-order valence-electron chi connectivity index (χ0n) is 17.2. The molecule has 0 N–H and O–H groups in total. The minimum atomic E-state index is 0.994. The standard InChI is InChI=1S/C29H19BrN2/c30-23-17-15-20(16-18-23)26-19-22-11-7-8-14-25(22)29-27(26)28(21-9-3-1-4-10-21)31-32(29)24-12-5-2-6-13-24/h1-19H. The maximum absolute atomic E-state index is 5.19. The van der Waals surface area contributed by atoms with Crippen molar-refractivity contribution in [3.05, 3.63) is 120 Å². The molecular weight excluding hydrogens is 456 g/mol. The number of fused-ring (bicyclic) bond motifs is 3. The molecule has 0 saturated carbocycles. The van der Waals surface area contributed by atoms with Crippen molar-refractivity contribution >= 4 is 37.6 Å². The maximum Gasteiger partial charge on any atom is 0.101 e. The van der Waals surface area contributed by atoms with Gasteiger partial charge in [0, 0.05) is 20.8 Å². The Labute approximate surface area is 194 Å². The lowest BCUT2D eigenvalue weighted by molar-refractivity contribution is 0.918. The Hall–Kier alpha value is -3.69.